The van der Waals surface area contributed by atoms with Gasteiger partial charge in [-0.15, -0.1) is 0 Å². The summed E-state index contributed by atoms with van der Waals surface area (Å²) in [5.74, 6) is -1.22. The minimum absolute atomic E-state index is 0.194. The van der Waals surface area contributed by atoms with Crippen molar-refractivity contribution in [2.24, 2.45) is 0 Å². The number of carbonyl (C=O) groups excluding carboxylic acids is 2. The van der Waals surface area contributed by atoms with Crippen LogP contribution in [0.5, 0.6) is 0 Å². The number of esters is 1. The molecule has 28 heavy (non-hydrogen) atoms. The number of fused-ring (bicyclic) bond motifs is 1. The van der Waals surface area contributed by atoms with Gasteiger partial charge in [0, 0.05) is 5.39 Å². The molecular formula is C19H15Cl2N3O4. The predicted octanol–water partition coefficient (Wildman–Crippen LogP) is 3.34. The van der Waals surface area contributed by atoms with Gasteiger partial charge in [-0.05, 0) is 25.1 Å². The molecule has 1 heterocycles. The molecule has 0 aliphatic carbocycles. The SMILES string of the molecule is CC(OC(=O)Cc1n[nH]c(=O)c2ccccc12)C(=O)Nc1cccc(Cl)c1Cl. The Labute approximate surface area is 169 Å². The number of ether oxygens (including phenoxy) is 1. The van der Waals surface area contributed by atoms with Crippen LogP contribution in [-0.4, -0.2) is 28.2 Å². The highest BCUT2D eigenvalue weighted by Crippen LogP contribution is 2.29. The number of hydrogen-bond donors (Lipinski definition) is 2. The summed E-state index contributed by atoms with van der Waals surface area (Å²) < 4.78 is 5.18. The van der Waals surface area contributed by atoms with Crippen molar-refractivity contribution in [2.75, 3.05) is 5.32 Å². The van der Waals surface area contributed by atoms with E-state index in [1.54, 1.807) is 42.5 Å². The maximum Gasteiger partial charge on any atom is 0.312 e. The Hall–Kier alpha value is -2.90. The van der Waals surface area contributed by atoms with Gasteiger partial charge in [-0.2, -0.15) is 5.10 Å². The fraction of sp³-hybridized carbons (Fsp3) is 0.158. The highest BCUT2D eigenvalue weighted by atomic mass is 35.5. The van der Waals surface area contributed by atoms with E-state index < -0.39 is 18.0 Å². The van der Waals surface area contributed by atoms with Crippen molar-refractivity contribution in [2.45, 2.75) is 19.4 Å². The largest absolute Gasteiger partial charge is 0.452 e. The second-order valence-corrected chi connectivity index (χ2v) is 6.73. The molecule has 3 rings (SSSR count). The summed E-state index contributed by atoms with van der Waals surface area (Å²) in [6, 6.07) is 11.6. The van der Waals surface area contributed by atoms with Crippen LogP contribution >= 0.6 is 23.2 Å². The lowest BCUT2D eigenvalue weighted by atomic mass is 10.1. The van der Waals surface area contributed by atoms with Crippen LogP contribution in [-0.2, 0) is 20.7 Å². The zero-order valence-electron chi connectivity index (χ0n) is 14.7. The Morgan fingerprint density at radius 2 is 1.86 bits per heavy atom. The Bertz CT molecular complexity index is 1110. The lowest BCUT2D eigenvalue weighted by Gasteiger charge is -2.14. The highest BCUT2D eigenvalue weighted by Gasteiger charge is 2.20. The number of hydrogen-bond acceptors (Lipinski definition) is 5. The number of anilines is 1. The molecule has 0 aliphatic heterocycles. The average Bonchev–Trinajstić information content (AvgIpc) is 2.67. The Morgan fingerprint density at radius 1 is 1.14 bits per heavy atom. The van der Waals surface area contributed by atoms with Gasteiger partial charge < -0.3 is 10.1 Å². The van der Waals surface area contributed by atoms with E-state index in [0.29, 0.717) is 27.2 Å². The first kappa shape index (κ1) is 19.9. The van der Waals surface area contributed by atoms with Crippen LogP contribution < -0.4 is 10.9 Å². The van der Waals surface area contributed by atoms with Gasteiger partial charge in [0.1, 0.15) is 0 Å². The molecule has 2 aromatic carbocycles. The predicted molar refractivity (Wildman–Crippen MR) is 107 cm³/mol. The molecule has 1 atom stereocenters. The molecule has 0 fully saturated rings. The van der Waals surface area contributed by atoms with Gasteiger partial charge in [0.2, 0.25) is 0 Å². The molecule has 144 valence electrons. The second-order valence-electron chi connectivity index (χ2n) is 5.94. The summed E-state index contributed by atoms with van der Waals surface area (Å²) in [7, 11) is 0. The number of amides is 1. The van der Waals surface area contributed by atoms with E-state index in [1.165, 1.54) is 6.92 Å². The van der Waals surface area contributed by atoms with Crippen molar-refractivity contribution in [3.8, 4) is 0 Å². The first-order valence-electron chi connectivity index (χ1n) is 8.27. The van der Waals surface area contributed by atoms with Crippen molar-refractivity contribution >= 4 is 51.5 Å². The maximum absolute atomic E-state index is 12.3. The number of halogens is 2. The number of carbonyl (C=O) groups is 2. The standard InChI is InChI=1S/C19H15Cl2N3O4/c1-10(18(26)22-14-8-4-7-13(20)17(14)21)28-16(25)9-15-11-5-2-3-6-12(11)19(27)24-23-15/h2-8,10H,9H2,1H3,(H,22,26)(H,24,27). The van der Waals surface area contributed by atoms with Crippen molar-refractivity contribution in [3.05, 3.63) is 68.6 Å². The molecule has 0 spiro atoms. The Morgan fingerprint density at radius 3 is 2.61 bits per heavy atom. The van der Waals surface area contributed by atoms with E-state index in [1.807, 2.05) is 0 Å². The monoisotopic (exact) mass is 419 g/mol. The van der Waals surface area contributed by atoms with Crippen molar-refractivity contribution < 1.29 is 14.3 Å². The summed E-state index contributed by atoms with van der Waals surface area (Å²) in [4.78, 5) is 36.3. The lowest BCUT2D eigenvalue weighted by molar-refractivity contribution is -0.152. The van der Waals surface area contributed by atoms with E-state index in [2.05, 4.69) is 15.5 Å². The molecule has 0 saturated carbocycles. The fourth-order valence-electron chi connectivity index (χ4n) is 2.57. The molecule has 0 saturated heterocycles. The van der Waals surface area contributed by atoms with Crippen LogP contribution in [0.3, 0.4) is 0 Å². The van der Waals surface area contributed by atoms with Gasteiger partial charge in [0.05, 0.1) is 33.2 Å². The third-order valence-corrected chi connectivity index (χ3v) is 4.79. The van der Waals surface area contributed by atoms with Gasteiger partial charge >= 0.3 is 5.97 Å². The van der Waals surface area contributed by atoms with Crippen LogP contribution in [0.15, 0.2) is 47.3 Å². The van der Waals surface area contributed by atoms with E-state index in [9.17, 15) is 14.4 Å². The van der Waals surface area contributed by atoms with Crippen LogP contribution in [0.4, 0.5) is 5.69 Å². The van der Waals surface area contributed by atoms with Crippen LogP contribution in [0, 0.1) is 0 Å². The lowest BCUT2D eigenvalue weighted by Crippen LogP contribution is -2.30. The third kappa shape index (κ3) is 4.32. The number of benzene rings is 2. The summed E-state index contributed by atoms with van der Waals surface area (Å²) in [6.45, 7) is 1.43. The first-order chi connectivity index (χ1) is 13.4. The third-order valence-electron chi connectivity index (χ3n) is 3.97. The number of nitrogens with one attached hydrogen (secondary N) is 2. The van der Waals surface area contributed by atoms with Crippen LogP contribution in [0.25, 0.3) is 10.8 Å². The molecule has 1 unspecified atom stereocenters. The molecule has 1 aromatic heterocycles. The molecule has 0 bridgehead atoms. The Balaban J connectivity index is 1.68. The van der Waals surface area contributed by atoms with Gasteiger partial charge in [0.15, 0.2) is 6.10 Å². The number of aromatic amines is 1. The molecule has 0 aliphatic rings. The Kier molecular flexibility index (Phi) is 5.96. The molecule has 0 radical (unpaired) electrons. The van der Waals surface area contributed by atoms with Crippen LogP contribution in [0.1, 0.15) is 12.6 Å². The number of H-pyrrole nitrogens is 1. The topological polar surface area (TPSA) is 101 Å². The summed E-state index contributed by atoms with van der Waals surface area (Å²) in [5, 5.41) is 10.3. The zero-order valence-corrected chi connectivity index (χ0v) is 16.2. The van der Waals surface area contributed by atoms with E-state index >= 15 is 0 Å². The minimum Gasteiger partial charge on any atom is -0.452 e. The number of aromatic nitrogens is 2. The quantitative estimate of drug-likeness (QED) is 0.617. The zero-order chi connectivity index (χ0) is 20.3. The minimum atomic E-state index is -1.07. The fourth-order valence-corrected chi connectivity index (χ4v) is 2.92. The van der Waals surface area contributed by atoms with E-state index in [-0.39, 0.29) is 17.0 Å². The summed E-state index contributed by atoms with van der Waals surface area (Å²) in [6.07, 6.45) is -1.27. The molecular weight excluding hydrogens is 405 g/mol. The summed E-state index contributed by atoms with van der Waals surface area (Å²) in [5.41, 5.74) is 0.319. The summed E-state index contributed by atoms with van der Waals surface area (Å²) >= 11 is 11.9. The molecule has 1 amide bonds. The molecule has 2 N–H and O–H groups in total. The molecule has 3 aromatic rings. The highest BCUT2D eigenvalue weighted by molar-refractivity contribution is 6.44. The van der Waals surface area contributed by atoms with Crippen molar-refractivity contribution in [3.63, 3.8) is 0 Å². The van der Waals surface area contributed by atoms with Crippen molar-refractivity contribution in [1.82, 2.24) is 10.2 Å². The number of nitrogens with zero attached hydrogens (tertiary/aromatic N) is 1. The van der Waals surface area contributed by atoms with Gasteiger partial charge in [-0.3, -0.25) is 14.4 Å². The van der Waals surface area contributed by atoms with E-state index in [4.69, 9.17) is 27.9 Å². The number of rotatable bonds is 5. The average molecular weight is 420 g/mol. The van der Waals surface area contributed by atoms with Gasteiger partial charge in [-0.1, -0.05) is 47.5 Å². The van der Waals surface area contributed by atoms with Crippen LogP contribution in [0.2, 0.25) is 10.0 Å². The van der Waals surface area contributed by atoms with E-state index in [0.717, 1.165) is 0 Å². The normalized spacial score (nSPS) is 11.8. The molecule has 9 heteroatoms. The van der Waals surface area contributed by atoms with Gasteiger partial charge in [-0.25, -0.2) is 5.10 Å². The molecule has 7 nitrogen and oxygen atoms in total. The van der Waals surface area contributed by atoms with Gasteiger partial charge in [0.25, 0.3) is 11.5 Å². The smallest absolute Gasteiger partial charge is 0.312 e. The first-order valence-corrected chi connectivity index (χ1v) is 9.03. The second kappa shape index (κ2) is 8.41. The van der Waals surface area contributed by atoms with Crippen molar-refractivity contribution in [1.29, 1.82) is 0 Å². The maximum atomic E-state index is 12.3.